The highest BCUT2D eigenvalue weighted by atomic mass is 19.1. The summed E-state index contributed by atoms with van der Waals surface area (Å²) in [6.45, 7) is 3.59. The largest absolute Gasteiger partial charge is 0.313 e. The third-order valence-electron chi connectivity index (χ3n) is 5.11. The molecule has 1 nitrogen and oxygen atoms in total. The molecule has 0 heterocycles. The highest BCUT2D eigenvalue weighted by Crippen LogP contribution is 2.40. The number of hydrogen-bond donors (Lipinski definition) is 1. The molecule has 0 bridgehead atoms. The van der Waals surface area contributed by atoms with Gasteiger partial charge in [0.15, 0.2) is 0 Å². The second-order valence-corrected chi connectivity index (χ2v) is 6.82. The molecule has 2 fully saturated rings. The summed E-state index contributed by atoms with van der Waals surface area (Å²) in [5.41, 5.74) is 1.84. The molecule has 0 unspecified atom stereocenters. The van der Waals surface area contributed by atoms with Crippen molar-refractivity contribution in [1.29, 1.82) is 0 Å². The lowest BCUT2D eigenvalue weighted by molar-refractivity contribution is 0.234. The van der Waals surface area contributed by atoms with E-state index in [1.807, 2.05) is 12.1 Å². The lowest BCUT2D eigenvalue weighted by Gasteiger charge is -2.38. The highest BCUT2D eigenvalue weighted by molar-refractivity contribution is 5.23. The molecule has 1 N–H and O–H groups in total. The second-order valence-electron chi connectivity index (χ2n) is 6.82. The van der Waals surface area contributed by atoms with Gasteiger partial charge in [0.25, 0.3) is 0 Å². The third-order valence-corrected chi connectivity index (χ3v) is 5.11. The van der Waals surface area contributed by atoms with Crippen molar-refractivity contribution in [3.05, 3.63) is 35.6 Å². The van der Waals surface area contributed by atoms with Gasteiger partial charge in [-0.3, -0.25) is 0 Å². The van der Waals surface area contributed by atoms with Gasteiger partial charge in [0.05, 0.1) is 0 Å². The van der Waals surface area contributed by atoms with Gasteiger partial charge in [-0.05, 0) is 54.7 Å². The first kappa shape index (κ1) is 13.1. The van der Waals surface area contributed by atoms with E-state index in [4.69, 9.17) is 0 Å². The fourth-order valence-corrected chi connectivity index (χ4v) is 3.59. The predicted molar refractivity (Wildman–Crippen MR) is 76.7 cm³/mol. The van der Waals surface area contributed by atoms with Crippen molar-refractivity contribution in [2.75, 3.05) is 6.54 Å². The summed E-state index contributed by atoms with van der Waals surface area (Å²) in [7, 11) is 0. The predicted octanol–water partition coefficient (Wildman–Crippen LogP) is 4.24. The van der Waals surface area contributed by atoms with Gasteiger partial charge in [-0.1, -0.05) is 31.9 Å². The van der Waals surface area contributed by atoms with Crippen molar-refractivity contribution in [3.63, 3.8) is 0 Å². The molecule has 1 aromatic rings. The Hall–Kier alpha value is -0.890. The SMILES string of the molecule is CC1(CNC2CC(c3ccc(F)cc3)C2)CCCC1. The van der Waals surface area contributed by atoms with Gasteiger partial charge >= 0.3 is 0 Å². The van der Waals surface area contributed by atoms with E-state index in [0.717, 1.165) is 0 Å². The smallest absolute Gasteiger partial charge is 0.123 e. The Morgan fingerprint density at radius 2 is 1.79 bits per heavy atom. The molecule has 0 spiro atoms. The van der Waals surface area contributed by atoms with Crippen LogP contribution in [0.25, 0.3) is 0 Å². The maximum atomic E-state index is 12.9. The Morgan fingerprint density at radius 1 is 1.16 bits per heavy atom. The first-order valence-electron chi connectivity index (χ1n) is 7.63. The van der Waals surface area contributed by atoms with Crippen LogP contribution >= 0.6 is 0 Å². The minimum Gasteiger partial charge on any atom is -0.313 e. The van der Waals surface area contributed by atoms with Crippen LogP contribution in [0, 0.1) is 11.2 Å². The Kier molecular flexibility index (Phi) is 3.62. The van der Waals surface area contributed by atoms with Crippen LogP contribution in [-0.2, 0) is 0 Å². The molecule has 2 aliphatic carbocycles. The summed E-state index contributed by atoms with van der Waals surface area (Å²) < 4.78 is 12.9. The van der Waals surface area contributed by atoms with Crippen LogP contribution in [0.2, 0.25) is 0 Å². The molecule has 0 atom stereocenters. The van der Waals surface area contributed by atoms with Gasteiger partial charge in [-0.15, -0.1) is 0 Å². The molecule has 3 rings (SSSR count). The Bertz CT molecular complexity index is 413. The van der Waals surface area contributed by atoms with Crippen molar-refractivity contribution >= 4 is 0 Å². The molecule has 19 heavy (non-hydrogen) atoms. The molecule has 0 aromatic heterocycles. The molecule has 0 radical (unpaired) electrons. The molecular formula is C17H24FN. The van der Waals surface area contributed by atoms with E-state index >= 15 is 0 Å². The average molecular weight is 261 g/mol. The van der Waals surface area contributed by atoms with E-state index in [0.29, 0.717) is 17.4 Å². The molecular weight excluding hydrogens is 237 g/mol. The summed E-state index contributed by atoms with van der Waals surface area (Å²) in [6.07, 6.45) is 7.99. The van der Waals surface area contributed by atoms with Crippen LogP contribution in [0.3, 0.4) is 0 Å². The summed E-state index contributed by atoms with van der Waals surface area (Å²) in [5, 5.41) is 3.74. The van der Waals surface area contributed by atoms with Crippen molar-refractivity contribution < 1.29 is 4.39 Å². The first-order chi connectivity index (χ1) is 9.15. The molecule has 2 saturated carbocycles. The monoisotopic (exact) mass is 261 g/mol. The van der Waals surface area contributed by atoms with Crippen LogP contribution in [0.15, 0.2) is 24.3 Å². The molecule has 0 saturated heterocycles. The molecule has 2 aliphatic rings. The summed E-state index contributed by atoms with van der Waals surface area (Å²) in [5.74, 6) is 0.501. The summed E-state index contributed by atoms with van der Waals surface area (Å²) in [4.78, 5) is 0. The fraction of sp³-hybridized carbons (Fsp3) is 0.647. The van der Waals surface area contributed by atoms with E-state index < -0.39 is 0 Å². The highest BCUT2D eigenvalue weighted by Gasteiger charge is 2.33. The number of hydrogen-bond acceptors (Lipinski definition) is 1. The van der Waals surface area contributed by atoms with E-state index in [1.54, 1.807) is 12.1 Å². The van der Waals surface area contributed by atoms with Crippen LogP contribution < -0.4 is 5.32 Å². The zero-order valence-electron chi connectivity index (χ0n) is 11.8. The van der Waals surface area contributed by atoms with Crippen LogP contribution in [0.4, 0.5) is 4.39 Å². The zero-order valence-corrected chi connectivity index (χ0v) is 11.8. The molecule has 0 aliphatic heterocycles. The fourth-order valence-electron chi connectivity index (χ4n) is 3.59. The van der Waals surface area contributed by atoms with E-state index in [-0.39, 0.29) is 5.82 Å². The molecule has 2 heteroatoms. The van der Waals surface area contributed by atoms with Gasteiger partial charge in [-0.25, -0.2) is 4.39 Å². The quantitative estimate of drug-likeness (QED) is 0.854. The van der Waals surface area contributed by atoms with Gasteiger partial charge in [-0.2, -0.15) is 0 Å². The number of rotatable bonds is 4. The summed E-state index contributed by atoms with van der Waals surface area (Å²) >= 11 is 0. The lowest BCUT2D eigenvalue weighted by atomic mass is 9.75. The minimum absolute atomic E-state index is 0.132. The van der Waals surface area contributed by atoms with E-state index in [1.165, 1.54) is 50.6 Å². The maximum absolute atomic E-state index is 12.9. The molecule has 104 valence electrons. The first-order valence-corrected chi connectivity index (χ1v) is 7.63. The van der Waals surface area contributed by atoms with Gasteiger partial charge < -0.3 is 5.32 Å². The van der Waals surface area contributed by atoms with Crippen molar-refractivity contribution in [2.24, 2.45) is 5.41 Å². The zero-order chi connectivity index (χ0) is 13.3. The number of nitrogens with one attached hydrogen (secondary N) is 1. The standard InChI is InChI=1S/C17H24FN/c1-17(8-2-3-9-17)12-19-16-10-14(11-16)13-4-6-15(18)7-5-13/h4-7,14,16,19H,2-3,8-12H2,1H3. The molecule has 1 aromatic carbocycles. The van der Waals surface area contributed by atoms with E-state index in [9.17, 15) is 4.39 Å². The summed E-state index contributed by atoms with van der Waals surface area (Å²) in [6, 6.07) is 7.71. The third kappa shape index (κ3) is 3.00. The topological polar surface area (TPSA) is 12.0 Å². The minimum atomic E-state index is -0.132. The number of halogens is 1. The van der Waals surface area contributed by atoms with Crippen molar-refractivity contribution in [2.45, 2.75) is 57.4 Å². The van der Waals surface area contributed by atoms with Crippen LogP contribution in [0.1, 0.15) is 56.9 Å². The second kappa shape index (κ2) is 5.24. The van der Waals surface area contributed by atoms with Crippen LogP contribution in [0.5, 0.6) is 0 Å². The van der Waals surface area contributed by atoms with Crippen LogP contribution in [-0.4, -0.2) is 12.6 Å². The van der Waals surface area contributed by atoms with E-state index in [2.05, 4.69) is 12.2 Å². The van der Waals surface area contributed by atoms with Gasteiger partial charge in [0.1, 0.15) is 5.82 Å². The van der Waals surface area contributed by atoms with Gasteiger partial charge in [0.2, 0.25) is 0 Å². The van der Waals surface area contributed by atoms with Gasteiger partial charge in [0, 0.05) is 12.6 Å². The lowest BCUT2D eigenvalue weighted by Crippen LogP contribution is -2.44. The molecule has 0 amide bonds. The maximum Gasteiger partial charge on any atom is 0.123 e. The average Bonchev–Trinajstić information content (AvgIpc) is 2.77. The Morgan fingerprint density at radius 3 is 2.42 bits per heavy atom. The normalized spacial score (nSPS) is 29.2. The number of benzene rings is 1. The van der Waals surface area contributed by atoms with Crippen molar-refractivity contribution in [1.82, 2.24) is 5.32 Å². The Labute approximate surface area is 115 Å². The van der Waals surface area contributed by atoms with Crippen molar-refractivity contribution in [3.8, 4) is 0 Å². The Balaban J connectivity index is 1.44.